The lowest BCUT2D eigenvalue weighted by Crippen LogP contribution is -1.90. The highest BCUT2D eigenvalue weighted by Gasteiger charge is 2.05. The van der Waals surface area contributed by atoms with Crippen LogP contribution in [0, 0.1) is 29.9 Å². The lowest BCUT2D eigenvalue weighted by molar-refractivity contribution is 0.461. The third-order valence-corrected chi connectivity index (χ3v) is 2.45. The standard InChI is InChI=1S/C14H9F2NO/c1-9-6-11(3-2-10(9)8-17)18-12-4-5-13(15)14(16)7-12/h2-7H,1H3. The molecular weight excluding hydrogens is 236 g/mol. The van der Waals surface area contributed by atoms with Crippen LogP contribution in [0.1, 0.15) is 11.1 Å². The average Bonchev–Trinajstić information content (AvgIpc) is 2.34. The van der Waals surface area contributed by atoms with Gasteiger partial charge in [0.1, 0.15) is 11.5 Å². The molecule has 0 fully saturated rings. The molecule has 2 nitrogen and oxygen atoms in total. The van der Waals surface area contributed by atoms with Crippen LogP contribution in [0.25, 0.3) is 0 Å². The third kappa shape index (κ3) is 2.46. The van der Waals surface area contributed by atoms with E-state index in [1.165, 1.54) is 6.07 Å². The zero-order chi connectivity index (χ0) is 13.1. The van der Waals surface area contributed by atoms with Crippen molar-refractivity contribution in [3.05, 3.63) is 59.2 Å². The van der Waals surface area contributed by atoms with Crippen LogP contribution in [0.15, 0.2) is 36.4 Å². The highest BCUT2D eigenvalue weighted by atomic mass is 19.2. The minimum Gasteiger partial charge on any atom is -0.457 e. The topological polar surface area (TPSA) is 33.0 Å². The van der Waals surface area contributed by atoms with Crippen molar-refractivity contribution in [2.75, 3.05) is 0 Å². The molecule has 0 amide bonds. The summed E-state index contributed by atoms with van der Waals surface area (Å²) in [6.07, 6.45) is 0. The highest BCUT2D eigenvalue weighted by molar-refractivity contribution is 5.43. The fourth-order valence-electron chi connectivity index (χ4n) is 1.50. The van der Waals surface area contributed by atoms with Gasteiger partial charge in [0.2, 0.25) is 0 Å². The SMILES string of the molecule is Cc1cc(Oc2ccc(F)c(F)c2)ccc1C#N. The van der Waals surface area contributed by atoms with Crippen LogP contribution >= 0.6 is 0 Å². The van der Waals surface area contributed by atoms with Crippen molar-refractivity contribution >= 4 is 0 Å². The van der Waals surface area contributed by atoms with E-state index in [0.29, 0.717) is 11.3 Å². The summed E-state index contributed by atoms with van der Waals surface area (Å²) in [5.74, 6) is -1.20. The Labute approximate surface area is 103 Å². The molecule has 0 atom stereocenters. The van der Waals surface area contributed by atoms with Crippen molar-refractivity contribution in [1.82, 2.24) is 0 Å². The number of ether oxygens (including phenoxy) is 1. The fraction of sp³-hybridized carbons (Fsp3) is 0.0714. The maximum atomic E-state index is 13.0. The Morgan fingerprint density at radius 1 is 1.00 bits per heavy atom. The predicted octanol–water partition coefficient (Wildman–Crippen LogP) is 3.94. The van der Waals surface area contributed by atoms with Crippen LogP contribution in [-0.4, -0.2) is 0 Å². The van der Waals surface area contributed by atoms with E-state index in [1.54, 1.807) is 25.1 Å². The molecule has 0 aliphatic rings. The molecule has 0 saturated carbocycles. The van der Waals surface area contributed by atoms with E-state index >= 15 is 0 Å². The normalized spacial score (nSPS) is 9.89. The molecule has 0 unspecified atom stereocenters. The molecule has 0 aliphatic carbocycles. The van der Waals surface area contributed by atoms with Crippen LogP contribution in [0.2, 0.25) is 0 Å². The minimum absolute atomic E-state index is 0.206. The first-order chi connectivity index (χ1) is 8.60. The summed E-state index contributed by atoms with van der Waals surface area (Å²) in [4.78, 5) is 0. The molecule has 90 valence electrons. The summed E-state index contributed by atoms with van der Waals surface area (Å²) in [5, 5.41) is 8.78. The molecule has 0 bridgehead atoms. The van der Waals surface area contributed by atoms with Gasteiger partial charge in [-0.3, -0.25) is 0 Å². The minimum atomic E-state index is -0.960. The summed E-state index contributed by atoms with van der Waals surface area (Å²) in [5.41, 5.74) is 1.31. The molecule has 18 heavy (non-hydrogen) atoms. The summed E-state index contributed by atoms with van der Waals surface area (Å²) < 4.78 is 31.1. The first kappa shape index (κ1) is 12.1. The Bertz CT molecular complexity index is 632. The number of nitriles is 1. The second kappa shape index (κ2) is 4.84. The third-order valence-electron chi connectivity index (χ3n) is 2.45. The summed E-state index contributed by atoms with van der Waals surface area (Å²) >= 11 is 0. The Kier molecular flexibility index (Phi) is 3.24. The largest absolute Gasteiger partial charge is 0.457 e. The monoisotopic (exact) mass is 245 g/mol. The Balaban J connectivity index is 2.26. The molecule has 0 spiro atoms. The van der Waals surface area contributed by atoms with Crippen molar-refractivity contribution in [1.29, 1.82) is 5.26 Å². The number of hydrogen-bond acceptors (Lipinski definition) is 2. The predicted molar refractivity (Wildman–Crippen MR) is 62.3 cm³/mol. The van der Waals surface area contributed by atoms with Gasteiger partial charge in [-0.05, 0) is 42.8 Å². The molecule has 2 rings (SSSR count). The quantitative estimate of drug-likeness (QED) is 0.802. The van der Waals surface area contributed by atoms with Crippen molar-refractivity contribution in [2.45, 2.75) is 6.92 Å². The number of halogens is 2. The second-order valence-corrected chi connectivity index (χ2v) is 3.77. The van der Waals surface area contributed by atoms with Gasteiger partial charge >= 0.3 is 0 Å². The van der Waals surface area contributed by atoms with Crippen LogP contribution < -0.4 is 4.74 Å². The molecule has 4 heteroatoms. The Morgan fingerprint density at radius 2 is 1.67 bits per heavy atom. The number of benzene rings is 2. The second-order valence-electron chi connectivity index (χ2n) is 3.77. The number of hydrogen-bond donors (Lipinski definition) is 0. The van der Waals surface area contributed by atoms with Gasteiger partial charge in [0.15, 0.2) is 11.6 Å². The smallest absolute Gasteiger partial charge is 0.162 e. The number of rotatable bonds is 2. The van der Waals surface area contributed by atoms with Crippen LogP contribution in [-0.2, 0) is 0 Å². The van der Waals surface area contributed by atoms with Crippen molar-refractivity contribution in [3.63, 3.8) is 0 Å². The van der Waals surface area contributed by atoms with Crippen molar-refractivity contribution in [2.24, 2.45) is 0 Å². The highest BCUT2D eigenvalue weighted by Crippen LogP contribution is 2.24. The Hall–Kier alpha value is -2.41. The van der Waals surface area contributed by atoms with Crippen molar-refractivity contribution < 1.29 is 13.5 Å². The molecule has 0 saturated heterocycles. The zero-order valence-electron chi connectivity index (χ0n) is 9.58. The molecule has 0 radical (unpaired) electrons. The first-order valence-corrected chi connectivity index (χ1v) is 5.24. The van der Waals surface area contributed by atoms with E-state index in [2.05, 4.69) is 0 Å². The first-order valence-electron chi connectivity index (χ1n) is 5.24. The zero-order valence-corrected chi connectivity index (χ0v) is 9.58. The summed E-state index contributed by atoms with van der Waals surface area (Å²) in [6, 6.07) is 10.2. The van der Waals surface area contributed by atoms with E-state index in [4.69, 9.17) is 10.00 Å². The molecular formula is C14H9F2NO. The Morgan fingerprint density at radius 3 is 2.28 bits per heavy atom. The maximum absolute atomic E-state index is 13.0. The molecule has 0 heterocycles. The van der Waals surface area contributed by atoms with Gasteiger partial charge in [0.25, 0.3) is 0 Å². The van der Waals surface area contributed by atoms with Gasteiger partial charge in [-0.2, -0.15) is 5.26 Å². The number of nitrogens with zero attached hydrogens (tertiary/aromatic N) is 1. The van der Waals surface area contributed by atoms with E-state index in [0.717, 1.165) is 17.7 Å². The lowest BCUT2D eigenvalue weighted by atomic mass is 10.1. The van der Waals surface area contributed by atoms with Crippen LogP contribution in [0.3, 0.4) is 0 Å². The van der Waals surface area contributed by atoms with Gasteiger partial charge in [-0.25, -0.2) is 8.78 Å². The van der Waals surface area contributed by atoms with Gasteiger partial charge in [-0.15, -0.1) is 0 Å². The van der Waals surface area contributed by atoms with Gasteiger partial charge < -0.3 is 4.74 Å². The van der Waals surface area contributed by atoms with Gasteiger partial charge in [0.05, 0.1) is 11.6 Å². The van der Waals surface area contributed by atoms with Crippen LogP contribution in [0.5, 0.6) is 11.5 Å². The molecule has 2 aromatic rings. The fourth-order valence-corrected chi connectivity index (χ4v) is 1.50. The van der Waals surface area contributed by atoms with Gasteiger partial charge in [0, 0.05) is 6.07 Å². The molecule has 0 N–H and O–H groups in total. The van der Waals surface area contributed by atoms with Crippen molar-refractivity contribution in [3.8, 4) is 17.6 Å². The van der Waals surface area contributed by atoms with Gasteiger partial charge in [-0.1, -0.05) is 0 Å². The van der Waals surface area contributed by atoms with E-state index < -0.39 is 11.6 Å². The average molecular weight is 245 g/mol. The lowest BCUT2D eigenvalue weighted by Gasteiger charge is -2.07. The summed E-state index contributed by atoms with van der Waals surface area (Å²) in [7, 11) is 0. The summed E-state index contributed by atoms with van der Waals surface area (Å²) in [6.45, 7) is 1.77. The van der Waals surface area contributed by atoms with E-state index in [9.17, 15) is 8.78 Å². The maximum Gasteiger partial charge on any atom is 0.162 e. The van der Waals surface area contributed by atoms with E-state index in [-0.39, 0.29) is 5.75 Å². The van der Waals surface area contributed by atoms with Crippen LogP contribution in [0.4, 0.5) is 8.78 Å². The molecule has 0 aliphatic heterocycles. The molecule has 2 aromatic carbocycles. The van der Waals surface area contributed by atoms with E-state index in [1.807, 2.05) is 6.07 Å². The molecule has 0 aromatic heterocycles. The number of aryl methyl sites for hydroxylation is 1.